The van der Waals surface area contributed by atoms with Crippen molar-refractivity contribution in [1.82, 2.24) is 5.01 Å². The van der Waals surface area contributed by atoms with Crippen LogP contribution < -0.4 is 16.2 Å². The Balaban J connectivity index is 2.51. The topological polar surface area (TPSA) is 97.1 Å². The number of nitrogens with zero attached hydrogens (tertiary/aromatic N) is 2. The first-order chi connectivity index (χ1) is 10.2. The van der Waals surface area contributed by atoms with Gasteiger partial charge in [-0.2, -0.15) is 0 Å². The molecular weight excluding hydrogens is 300 g/mol. The van der Waals surface area contributed by atoms with E-state index < -0.39 is 5.72 Å². The van der Waals surface area contributed by atoms with Gasteiger partial charge in [-0.05, 0) is 50.8 Å². The van der Waals surface area contributed by atoms with E-state index in [2.05, 4.69) is 5.10 Å². The fraction of sp³-hybridized carbons (Fsp3) is 0.467. The maximum atomic E-state index is 10.2. The van der Waals surface area contributed by atoms with Gasteiger partial charge in [0.1, 0.15) is 11.5 Å². The van der Waals surface area contributed by atoms with Crippen LogP contribution in [0, 0.1) is 20.8 Å². The van der Waals surface area contributed by atoms with Crippen molar-refractivity contribution in [3.63, 3.8) is 0 Å². The number of benzene rings is 1. The third-order valence-electron chi connectivity index (χ3n) is 4.31. The van der Waals surface area contributed by atoms with Crippen molar-refractivity contribution < 1.29 is 9.84 Å². The average Bonchev–Trinajstić information content (AvgIpc) is 2.48. The third kappa shape index (κ3) is 2.56. The number of hydrogen-bond acceptors (Lipinski definition) is 4. The molecule has 0 bridgehead atoms. The molecule has 0 fully saturated rings. The van der Waals surface area contributed by atoms with Gasteiger partial charge in [-0.15, -0.1) is 5.10 Å². The summed E-state index contributed by atoms with van der Waals surface area (Å²) in [4.78, 5) is 0. The summed E-state index contributed by atoms with van der Waals surface area (Å²) in [7, 11) is 0. The summed E-state index contributed by atoms with van der Waals surface area (Å²) in [5.41, 5.74) is 15.1. The zero-order valence-corrected chi connectivity index (χ0v) is 14.1. The second-order valence-corrected chi connectivity index (χ2v) is 5.99. The highest BCUT2D eigenvalue weighted by molar-refractivity contribution is 7.78. The molecule has 1 aliphatic rings. The number of rotatable bonds is 3. The molecular formula is C15H22N4O2S. The molecule has 1 heterocycles. The third-order valence-corrected chi connectivity index (χ3v) is 4.51. The molecule has 1 atom stereocenters. The molecule has 0 aromatic heterocycles. The fourth-order valence-electron chi connectivity index (χ4n) is 2.76. The van der Waals surface area contributed by atoms with E-state index in [0.29, 0.717) is 12.2 Å². The number of hydrazone groups is 1. The van der Waals surface area contributed by atoms with E-state index in [9.17, 15) is 5.11 Å². The molecule has 7 heteroatoms. The van der Waals surface area contributed by atoms with Gasteiger partial charge in [0, 0.05) is 12.0 Å². The Morgan fingerprint density at radius 1 is 1.32 bits per heavy atom. The van der Waals surface area contributed by atoms with Crippen molar-refractivity contribution in [1.29, 1.82) is 0 Å². The van der Waals surface area contributed by atoms with Crippen molar-refractivity contribution in [2.24, 2.45) is 16.6 Å². The van der Waals surface area contributed by atoms with Gasteiger partial charge in [0.05, 0.1) is 5.49 Å². The molecule has 0 aliphatic carbocycles. The predicted molar refractivity (Wildman–Crippen MR) is 91.0 cm³/mol. The zero-order valence-electron chi connectivity index (χ0n) is 13.3. The Bertz CT molecular complexity index is 656. The van der Waals surface area contributed by atoms with E-state index in [1.165, 1.54) is 10.5 Å². The van der Waals surface area contributed by atoms with E-state index in [4.69, 9.17) is 28.4 Å². The summed E-state index contributed by atoms with van der Waals surface area (Å²) < 4.78 is 6.22. The lowest BCUT2D eigenvalue weighted by atomic mass is 9.90. The summed E-state index contributed by atoms with van der Waals surface area (Å²) in [6.45, 7) is 7.60. The van der Waals surface area contributed by atoms with Gasteiger partial charge in [0.25, 0.3) is 0 Å². The predicted octanol–water partition coefficient (Wildman–Crippen LogP) is 1.81. The van der Waals surface area contributed by atoms with Crippen LogP contribution in [0.25, 0.3) is 0 Å². The van der Waals surface area contributed by atoms with Crippen LogP contribution in [0.3, 0.4) is 0 Å². The van der Waals surface area contributed by atoms with E-state index in [-0.39, 0.29) is 5.96 Å². The van der Waals surface area contributed by atoms with Gasteiger partial charge in [0.2, 0.25) is 11.7 Å². The number of phenols is 1. The number of aromatic hydroxyl groups is 1. The maximum Gasteiger partial charge on any atom is 0.209 e. The fourth-order valence-corrected chi connectivity index (χ4v) is 3.03. The number of fused-ring (bicyclic) bond motifs is 1. The van der Waals surface area contributed by atoms with E-state index >= 15 is 0 Å². The first-order valence-electron chi connectivity index (χ1n) is 7.06. The molecule has 2 rings (SSSR count). The van der Waals surface area contributed by atoms with Crippen LogP contribution in [-0.4, -0.2) is 27.3 Å². The lowest BCUT2D eigenvalue weighted by Crippen LogP contribution is -2.51. The van der Waals surface area contributed by atoms with E-state index in [1.54, 1.807) is 0 Å². The minimum absolute atomic E-state index is 0.0773. The molecule has 1 unspecified atom stereocenters. The first kappa shape index (κ1) is 16.4. The normalized spacial score (nSPS) is 19.8. The Hall–Kier alpha value is -2.02. The van der Waals surface area contributed by atoms with E-state index in [1.807, 2.05) is 27.7 Å². The Kier molecular flexibility index (Phi) is 4.19. The highest BCUT2D eigenvalue weighted by Crippen LogP contribution is 2.43. The molecule has 0 saturated carbocycles. The summed E-state index contributed by atoms with van der Waals surface area (Å²) in [6, 6.07) is 0. The standard InChI is InChI=1S/C15H22N4O2S/c1-8-9(2)13-11(10(3)12(8)20)5-6-15(4,21-13)19(7-22)18-14(16)17/h7,20H,5-6H2,1-4H3,(H4,16,17,18). The van der Waals surface area contributed by atoms with Crippen LogP contribution in [0.15, 0.2) is 5.10 Å². The van der Waals surface area contributed by atoms with Gasteiger partial charge < -0.3 is 21.3 Å². The van der Waals surface area contributed by atoms with Gasteiger partial charge in [0.15, 0.2) is 0 Å². The van der Waals surface area contributed by atoms with Gasteiger partial charge in [-0.1, -0.05) is 12.2 Å². The van der Waals surface area contributed by atoms with Crippen molar-refractivity contribution in [2.75, 3.05) is 0 Å². The molecule has 1 aliphatic heterocycles. The number of phenolic OH excluding ortho intramolecular Hbond substituents is 1. The lowest BCUT2D eigenvalue weighted by molar-refractivity contribution is -0.0408. The number of thiocarbonyl (C=S) groups is 1. The van der Waals surface area contributed by atoms with Crippen LogP contribution in [0.4, 0.5) is 0 Å². The smallest absolute Gasteiger partial charge is 0.209 e. The summed E-state index contributed by atoms with van der Waals surface area (Å²) in [5, 5.41) is 15.7. The van der Waals surface area contributed by atoms with Crippen LogP contribution >= 0.6 is 12.2 Å². The molecule has 1 aromatic carbocycles. The summed E-state index contributed by atoms with van der Waals surface area (Å²) in [5.74, 6) is 1.03. The number of ether oxygens (including phenoxy) is 1. The van der Waals surface area contributed by atoms with Crippen molar-refractivity contribution in [2.45, 2.75) is 46.3 Å². The zero-order chi connectivity index (χ0) is 16.7. The Morgan fingerprint density at radius 2 is 1.95 bits per heavy atom. The first-order valence-corrected chi connectivity index (χ1v) is 7.53. The minimum Gasteiger partial charge on any atom is -0.507 e. The highest BCUT2D eigenvalue weighted by Gasteiger charge is 2.39. The molecule has 0 radical (unpaired) electrons. The largest absolute Gasteiger partial charge is 0.507 e. The highest BCUT2D eigenvalue weighted by atomic mass is 32.1. The van der Waals surface area contributed by atoms with Crippen LogP contribution in [0.1, 0.15) is 35.6 Å². The van der Waals surface area contributed by atoms with Crippen LogP contribution in [0.5, 0.6) is 11.5 Å². The molecule has 22 heavy (non-hydrogen) atoms. The molecule has 5 N–H and O–H groups in total. The Morgan fingerprint density at radius 3 is 2.50 bits per heavy atom. The minimum atomic E-state index is -0.765. The van der Waals surface area contributed by atoms with Crippen LogP contribution in [-0.2, 0) is 6.42 Å². The monoisotopic (exact) mass is 322 g/mol. The Labute approximate surface area is 135 Å². The number of guanidine groups is 1. The molecule has 0 saturated heterocycles. The second-order valence-electron chi connectivity index (χ2n) is 5.78. The van der Waals surface area contributed by atoms with Crippen molar-refractivity contribution in [3.8, 4) is 11.5 Å². The average molecular weight is 322 g/mol. The molecule has 120 valence electrons. The molecule has 0 spiro atoms. The summed E-state index contributed by atoms with van der Waals surface area (Å²) in [6.07, 6.45) is 1.39. The summed E-state index contributed by atoms with van der Waals surface area (Å²) >= 11 is 5.01. The quantitative estimate of drug-likeness (QED) is 0.340. The number of nitrogens with two attached hydrogens (primary N) is 2. The van der Waals surface area contributed by atoms with Crippen molar-refractivity contribution >= 4 is 23.7 Å². The van der Waals surface area contributed by atoms with Gasteiger partial charge in [-0.3, -0.25) is 0 Å². The van der Waals surface area contributed by atoms with E-state index in [0.717, 1.165) is 34.4 Å². The SMILES string of the molecule is Cc1c(C)c2c(c(C)c1O)CCC(C)(N(C=S)N=C(N)N)O2. The van der Waals surface area contributed by atoms with Gasteiger partial charge in [-0.25, -0.2) is 5.01 Å². The van der Waals surface area contributed by atoms with Crippen molar-refractivity contribution in [3.05, 3.63) is 22.3 Å². The molecule has 6 nitrogen and oxygen atoms in total. The second kappa shape index (κ2) is 5.64. The molecule has 1 aromatic rings. The molecule has 0 amide bonds. The van der Waals surface area contributed by atoms with Gasteiger partial charge >= 0.3 is 0 Å². The van der Waals surface area contributed by atoms with Crippen LogP contribution in [0.2, 0.25) is 0 Å². The lowest BCUT2D eigenvalue weighted by Gasteiger charge is -2.41. The maximum absolute atomic E-state index is 10.2. The number of hydrogen-bond donors (Lipinski definition) is 3.